The molecule has 0 aliphatic heterocycles. The minimum atomic E-state index is -0.445. The predicted molar refractivity (Wildman–Crippen MR) is 260 cm³/mol. The van der Waals surface area contributed by atoms with Crippen molar-refractivity contribution in [1.29, 1.82) is 0 Å². The van der Waals surface area contributed by atoms with Gasteiger partial charge >= 0.3 is 0 Å². The Kier molecular flexibility index (Phi) is 7.80. The Hall–Kier alpha value is -8.00. The molecular weight excluding hydrogens is 759 g/mol. The van der Waals surface area contributed by atoms with Gasteiger partial charge in [-0.2, -0.15) is 0 Å². The summed E-state index contributed by atoms with van der Waals surface area (Å²) in [6, 6.07) is 92.5. The monoisotopic (exact) mass is 799 g/mol. The highest BCUT2D eigenvalue weighted by atomic mass is 15.1. The molecule has 0 heterocycles. The molecule has 0 saturated carbocycles. The van der Waals surface area contributed by atoms with Crippen LogP contribution in [0, 0.1) is 0 Å². The summed E-state index contributed by atoms with van der Waals surface area (Å²) < 4.78 is 0. The number of hydrogen-bond acceptors (Lipinski definition) is 1. The van der Waals surface area contributed by atoms with E-state index >= 15 is 0 Å². The average molecular weight is 800 g/mol. The number of anilines is 3. The maximum absolute atomic E-state index is 2.47. The Morgan fingerprint density at radius 3 is 1.08 bits per heavy atom. The van der Waals surface area contributed by atoms with Gasteiger partial charge in [0, 0.05) is 17.1 Å². The molecule has 0 radical (unpaired) electrons. The topological polar surface area (TPSA) is 3.24 Å². The number of hydrogen-bond donors (Lipinski definition) is 0. The van der Waals surface area contributed by atoms with Crippen molar-refractivity contribution in [3.8, 4) is 44.5 Å². The van der Waals surface area contributed by atoms with Crippen LogP contribution in [0.25, 0.3) is 44.5 Å². The summed E-state index contributed by atoms with van der Waals surface area (Å²) in [4.78, 5) is 2.42. The van der Waals surface area contributed by atoms with Crippen molar-refractivity contribution in [2.75, 3.05) is 4.90 Å². The quantitative estimate of drug-likeness (QED) is 0.162. The standard InChI is InChI=1S/C62H41N/c1-4-18-44(19-5-1)61(45-20-6-2-7-21-45)55-28-14-10-26-51(55)53-38-34-43(40-59(53)61)42-32-35-47(36-33-42)63(46-22-8-3-9-23-46)48-37-39-54-52-27-13-17-31-58(52)62(60(54)41-48)56-29-15-11-24-49(56)50-25-12-16-30-57(50)62/h1-41H. The third kappa shape index (κ3) is 4.94. The average Bonchev–Trinajstić information content (AvgIpc) is 3.95. The summed E-state index contributed by atoms with van der Waals surface area (Å²) in [6.07, 6.45) is 0. The van der Waals surface area contributed by atoms with Gasteiger partial charge in [0.05, 0.1) is 10.8 Å². The van der Waals surface area contributed by atoms with Crippen LogP contribution in [0.4, 0.5) is 17.1 Å². The summed E-state index contributed by atoms with van der Waals surface area (Å²) in [5, 5.41) is 0. The number of fused-ring (bicyclic) bond motifs is 13. The molecule has 0 bridgehead atoms. The number of rotatable bonds is 6. The molecule has 0 atom stereocenters. The third-order valence-corrected chi connectivity index (χ3v) is 14.2. The highest BCUT2D eigenvalue weighted by molar-refractivity contribution is 5.96. The molecule has 294 valence electrons. The van der Waals surface area contributed by atoms with Gasteiger partial charge in [-0.15, -0.1) is 0 Å². The fraction of sp³-hybridized carbons (Fsp3) is 0.0323. The van der Waals surface area contributed by atoms with E-state index in [1.54, 1.807) is 0 Å². The van der Waals surface area contributed by atoms with Crippen molar-refractivity contribution in [2.45, 2.75) is 10.8 Å². The molecule has 0 unspecified atom stereocenters. The first-order valence-electron chi connectivity index (χ1n) is 22.0. The van der Waals surface area contributed by atoms with Crippen molar-refractivity contribution in [3.63, 3.8) is 0 Å². The largest absolute Gasteiger partial charge is 0.310 e. The van der Waals surface area contributed by atoms with Crippen molar-refractivity contribution in [3.05, 3.63) is 293 Å². The molecule has 0 fully saturated rings. The molecule has 3 aliphatic carbocycles. The molecule has 63 heavy (non-hydrogen) atoms. The minimum Gasteiger partial charge on any atom is -0.310 e. The summed E-state index contributed by atoms with van der Waals surface area (Å²) in [5.74, 6) is 0. The van der Waals surface area contributed by atoms with E-state index in [-0.39, 0.29) is 0 Å². The Labute approximate surface area is 368 Å². The fourth-order valence-electron chi connectivity index (χ4n) is 11.7. The summed E-state index contributed by atoms with van der Waals surface area (Å²) in [5.41, 5.74) is 23.3. The SMILES string of the molecule is c1ccc(N(c2ccc(-c3ccc4c(c3)C(c3ccccc3)(c3ccccc3)c3ccccc3-4)cc2)c2ccc3c(c2)C2(c4ccccc4-c4ccccc42)c2ccccc2-3)cc1. The second kappa shape index (κ2) is 13.8. The van der Waals surface area contributed by atoms with E-state index in [1.807, 2.05) is 0 Å². The van der Waals surface area contributed by atoms with Crippen LogP contribution in [-0.2, 0) is 10.8 Å². The number of para-hydroxylation sites is 1. The van der Waals surface area contributed by atoms with E-state index in [1.165, 1.54) is 89.0 Å². The van der Waals surface area contributed by atoms with Gasteiger partial charge in [0.2, 0.25) is 0 Å². The first kappa shape index (κ1) is 35.7. The van der Waals surface area contributed by atoms with Gasteiger partial charge in [0.25, 0.3) is 0 Å². The molecule has 1 spiro atoms. The Morgan fingerprint density at radius 1 is 0.222 bits per heavy atom. The minimum absolute atomic E-state index is 0.413. The zero-order chi connectivity index (χ0) is 41.5. The lowest BCUT2D eigenvalue weighted by Crippen LogP contribution is -2.28. The highest BCUT2D eigenvalue weighted by Gasteiger charge is 2.52. The molecular formula is C62H41N. The van der Waals surface area contributed by atoms with Crippen molar-refractivity contribution >= 4 is 17.1 Å². The predicted octanol–water partition coefficient (Wildman–Crippen LogP) is 15.5. The zero-order valence-electron chi connectivity index (χ0n) is 34.6. The van der Waals surface area contributed by atoms with E-state index in [0.717, 1.165) is 17.1 Å². The third-order valence-electron chi connectivity index (χ3n) is 14.2. The maximum Gasteiger partial charge on any atom is 0.0726 e. The second-order valence-corrected chi connectivity index (χ2v) is 17.1. The molecule has 0 saturated heterocycles. The van der Waals surface area contributed by atoms with Gasteiger partial charge in [0.1, 0.15) is 0 Å². The Balaban J connectivity index is 0.960. The smallest absolute Gasteiger partial charge is 0.0726 e. The van der Waals surface area contributed by atoms with Crippen LogP contribution in [0.1, 0.15) is 44.5 Å². The normalized spacial score (nSPS) is 14.0. The van der Waals surface area contributed by atoms with Crippen molar-refractivity contribution < 1.29 is 0 Å². The molecule has 3 aliphatic rings. The van der Waals surface area contributed by atoms with E-state index in [2.05, 4.69) is 254 Å². The van der Waals surface area contributed by atoms with Crippen molar-refractivity contribution in [2.24, 2.45) is 0 Å². The maximum atomic E-state index is 2.47. The van der Waals surface area contributed by atoms with Gasteiger partial charge in [-0.1, -0.05) is 206 Å². The van der Waals surface area contributed by atoms with E-state index in [9.17, 15) is 0 Å². The molecule has 10 aromatic rings. The number of benzene rings is 10. The first-order valence-corrected chi connectivity index (χ1v) is 22.0. The Morgan fingerprint density at radius 2 is 0.571 bits per heavy atom. The van der Waals surface area contributed by atoms with Crippen LogP contribution in [-0.4, -0.2) is 0 Å². The molecule has 1 nitrogen and oxygen atoms in total. The van der Waals surface area contributed by atoms with Gasteiger partial charge in [-0.05, 0) is 131 Å². The molecule has 10 aromatic carbocycles. The van der Waals surface area contributed by atoms with Gasteiger partial charge in [-0.25, -0.2) is 0 Å². The molecule has 13 rings (SSSR count). The molecule has 0 amide bonds. The van der Waals surface area contributed by atoms with E-state index in [4.69, 9.17) is 0 Å². The summed E-state index contributed by atoms with van der Waals surface area (Å²) in [7, 11) is 0. The van der Waals surface area contributed by atoms with E-state index in [0.29, 0.717) is 0 Å². The summed E-state index contributed by atoms with van der Waals surface area (Å²) >= 11 is 0. The van der Waals surface area contributed by atoms with Crippen LogP contribution in [0.15, 0.2) is 249 Å². The van der Waals surface area contributed by atoms with Crippen LogP contribution in [0.5, 0.6) is 0 Å². The second-order valence-electron chi connectivity index (χ2n) is 17.1. The van der Waals surface area contributed by atoms with Gasteiger partial charge in [-0.3, -0.25) is 0 Å². The highest BCUT2D eigenvalue weighted by Crippen LogP contribution is 2.63. The lowest BCUT2D eigenvalue weighted by Gasteiger charge is -2.34. The summed E-state index contributed by atoms with van der Waals surface area (Å²) in [6.45, 7) is 0. The number of nitrogens with zero attached hydrogens (tertiary/aromatic N) is 1. The zero-order valence-corrected chi connectivity index (χ0v) is 34.6. The van der Waals surface area contributed by atoms with Crippen LogP contribution >= 0.6 is 0 Å². The fourth-order valence-corrected chi connectivity index (χ4v) is 11.7. The van der Waals surface area contributed by atoms with Crippen LogP contribution < -0.4 is 4.90 Å². The Bertz CT molecular complexity index is 3280. The van der Waals surface area contributed by atoms with E-state index < -0.39 is 10.8 Å². The molecule has 0 N–H and O–H groups in total. The van der Waals surface area contributed by atoms with Crippen molar-refractivity contribution in [1.82, 2.24) is 0 Å². The lowest BCUT2D eigenvalue weighted by molar-refractivity contribution is 0.769. The van der Waals surface area contributed by atoms with Crippen LogP contribution in [0.2, 0.25) is 0 Å². The molecule has 1 heteroatoms. The first-order chi connectivity index (χ1) is 31.3. The van der Waals surface area contributed by atoms with Crippen LogP contribution in [0.3, 0.4) is 0 Å². The lowest BCUT2D eigenvalue weighted by atomic mass is 9.67. The van der Waals surface area contributed by atoms with Gasteiger partial charge in [0.15, 0.2) is 0 Å². The molecule has 0 aromatic heterocycles. The van der Waals surface area contributed by atoms with Gasteiger partial charge < -0.3 is 4.90 Å².